The fourth-order valence-electron chi connectivity index (χ4n) is 3.76. The number of aliphatic hydroxyl groups excluding tert-OH is 1. The van der Waals surface area contributed by atoms with E-state index in [1.165, 1.54) is 15.8 Å². The first kappa shape index (κ1) is 19.9. The molecule has 3 aromatic heterocycles. The molecule has 0 unspecified atom stereocenters. The zero-order valence-electron chi connectivity index (χ0n) is 16.7. The van der Waals surface area contributed by atoms with Gasteiger partial charge in [-0.05, 0) is 35.7 Å². The molecule has 1 amide bonds. The van der Waals surface area contributed by atoms with Gasteiger partial charge in [0.15, 0.2) is 0 Å². The lowest BCUT2D eigenvalue weighted by molar-refractivity contribution is -0.135. The summed E-state index contributed by atoms with van der Waals surface area (Å²) < 4.78 is 1.27. The molecule has 4 rings (SSSR count). The van der Waals surface area contributed by atoms with Gasteiger partial charge in [-0.3, -0.25) is 19.7 Å². The SMILES string of the molecule is CCCc1ccnc2cc(-c3ccc(CN4CCN(C(=O)CO)CC4)cn3)sc12. The van der Waals surface area contributed by atoms with E-state index >= 15 is 0 Å². The normalized spacial score (nSPS) is 15.2. The minimum Gasteiger partial charge on any atom is -0.387 e. The highest BCUT2D eigenvalue weighted by molar-refractivity contribution is 7.22. The smallest absolute Gasteiger partial charge is 0.248 e. The first-order valence-electron chi connectivity index (χ1n) is 10.1. The molecular formula is C22H26N4O2S. The van der Waals surface area contributed by atoms with Gasteiger partial charge in [-0.15, -0.1) is 11.3 Å². The van der Waals surface area contributed by atoms with Gasteiger partial charge < -0.3 is 10.0 Å². The molecule has 1 N–H and O–H groups in total. The number of aliphatic hydroxyl groups is 1. The van der Waals surface area contributed by atoms with Gasteiger partial charge in [0.25, 0.3) is 0 Å². The van der Waals surface area contributed by atoms with Crippen LogP contribution in [0.5, 0.6) is 0 Å². The number of piperazine rings is 1. The van der Waals surface area contributed by atoms with Crippen molar-refractivity contribution in [2.24, 2.45) is 0 Å². The predicted molar refractivity (Wildman–Crippen MR) is 116 cm³/mol. The average Bonchev–Trinajstić information content (AvgIpc) is 3.20. The van der Waals surface area contributed by atoms with Crippen molar-refractivity contribution < 1.29 is 9.90 Å². The number of hydrogen-bond acceptors (Lipinski definition) is 6. The van der Waals surface area contributed by atoms with Gasteiger partial charge in [0.2, 0.25) is 5.91 Å². The summed E-state index contributed by atoms with van der Waals surface area (Å²) in [5.74, 6) is -0.185. The number of thiophene rings is 1. The van der Waals surface area contributed by atoms with Gasteiger partial charge in [0, 0.05) is 45.1 Å². The lowest BCUT2D eigenvalue weighted by Crippen LogP contribution is -2.49. The van der Waals surface area contributed by atoms with Crippen LogP contribution in [0.15, 0.2) is 36.7 Å². The van der Waals surface area contributed by atoms with Crippen LogP contribution in [0.4, 0.5) is 0 Å². The number of fused-ring (bicyclic) bond motifs is 1. The second-order valence-electron chi connectivity index (χ2n) is 7.41. The lowest BCUT2D eigenvalue weighted by atomic mass is 10.1. The number of rotatable bonds is 6. The molecule has 0 spiro atoms. The standard InChI is InChI=1S/C22H26N4O2S/c1-2-3-17-6-7-23-19-12-20(29-22(17)19)18-5-4-16(13-24-18)14-25-8-10-26(11-9-25)21(28)15-27/h4-7,12-13,27H,2-3,8-11,14-15H2,1H3. The van der Waals surface area contributed by atoms with Crippen LogP contribution in [0.3, 0.4) is 0 Å². The number of pyridine rings is 2. The number of hydrogen-bond donors (Lipinski definition) is 1. The summed E-state index contributed by atoms with van der Waals surface area (Å²) in [6.45, 7) is 5.58. The molecule has 152 valence electrons. The van der Waals surface area contributed by atoms with Gasteiger partial charge in [-0.2, -0.15) is 0 Å². The first-order valence-corrected chi connectivity index (χ1v) is 10.9. The highest BCUT2D eigenvalue weighted by Gasteiger charge is 2.20. The number of nitrogens with zero attached hydrogens (tertiary/aromatic N) is 4. The monoisotopic (exact) mass is 410 g/mol. The Morgan fingerprint density at radius 3 is 2.69 bits per heavy atom. The van der Waals surface area contributed by atoms with E-state index in [4.69, 9.17) is 10.1 Å². The van der Waals surface area contributed by atoms with Crippen LogP contribution in [-0.4, -0.2) is 63.6 Å². The Labute approximate surface area is 174 Å². The molecule has 29 heavy (non-hydrogen) atoms. The van der Waals surface area contributed by atoms with Crippen molar-refractivity contribution >= 4 is 27.5 Å². The van der Waals surface area contributed by atoms with Crippen molar-refractivity contribution in [1.82, 2.24) is 19.8 Å². The molecule has 0 radical (unpaired) electrons. The predicted octanol–water partition coefficient (Wildman–Crippen LogP) is 2.95. The maximum atomic E-state index is 11.6. The third kappa shape index (κ3) is 4.47. The third-order valence-electron chi connectivity index (χ3n) is 5.36. The Balaban J connectivity index is 1.43. The van der Waals surface area contributed by atoms with Crippen LogP contribution in [0.25, 0.3) is 20.8 Å². The fourth-order valence-corrected chi connectivity index (χ4v) is 4.89. The quantitative estimate of drug-likeness (QED) is 0.677. The Hall–Kier alpha value is -2.35. The molecule has 3 aromatic rings. The summed E-state index contributed by atoms with van der Waals surface area (Å²) in [6.07, 6.45) is 6.05. The van der Waals surface area contributed by atoms with E-state index in [1.807, 2.05) is 12.4 Å². The molecule has 0 saturated carbocycles. The molecule has 0 aliphatic carbocycles. The lowest BCUT2D eigenvalue weighted by Gasteiger charge is -2.34. The van der Waals surface area contributed by atoms with Gasteiger partial charge in [0.1, 0.15) is 6.61 Å². The molecule has 0 atom stereocenters. The summed E-state index contributed by atoms with van der Waals surface area (Å²) in [7, 11) is 0. The molecule has 0 bridgehead atoms. The second-order valence-corrected chi connectivity index (χ2v) is 8.46. The van der Waals surface area contributed by atoms with Crippen LogP contribution in [-0.2, 0) is 17.8 Å². The minimum absolute atomic E-state index is 0.185. The van der Waals surface area contributed by atoms with Crippen molar-refractivity contribution in [2.75, 3.05) is 32.8 Å². The Bertz CT molecular complexity index is 978. The summed E-state index contributed by atoms with van der Waals surface area (Å²) >= 11 is 1.77. The van der Waals surface area contributed by atoms with Gasteiger partial charge in [0.05, 0.1) is 20.8 Å². The Kier molecular flexibility index (Phi) is 6.18. The van der Waals surface area contributed by atoms with E-state index in [-0.39, 0.29) is 5.91 Å². The van der Waals surface area contributed by atoms with Crippen molar-refractivity contribution in [2.45, 2.75) is 26.3 Å². The summed E-state index contributed by atoms with van der Waals surface area (Å²) in [5.41, 5.74) is 4.57. The number of carbonyl (C=O) groups excluding carboxylic acids is 1. The van der Waals surface area contributed by atoms with Gasteiger partial charge >= 0.3 is 0 Å². The van der Waals surface area contributed by atoms with E-state index in [9.17, 15) is 4.79 Å². The molecule has 1 aliphatic heterocycles. The highest BCUT2D eigenvalue weighted by atomic mass is 32.1. The number of aryl methyl sites for hydroxylation is 1. The zero-order valence-corrected chi connectivity index (χ0v) is 17.5. The van der Waals surface area contributed by atoms with Crippen LogP contribution in [0.2, 0.25) is 0 Å². The van der Waals surface area contributed by atoms with E-state index in [1.54, 1.807) is 16.2 Å². The van der Waals surface area contributed by atoms with Crippen molar-refractivity contribution in [3.63, 3.8) is 0 Å². The topological polar surface area (TPSA) is 69.6 Å². The van der Waals surface area contributed by atoms with E-state index in [0.29, 0.717) is 13.1 Å². The van der Waals surface area contributed by atoms with Crippen molar-refractivity contribution in [3.05, 3.63) is 47.8 Å². The molecule has 1 saturated heterocycles. The van der Waals surface area contributed by atoms with Gasteiger partial charge in [-0.25, -0.2) is 0 Å². The highest BCUT2D eigenvalue weighted by Crippen LogP contribution is 2.34. The summed E-state index contributed by atoms with van der Waals surface area (Å²) in [6, 6.07) is 8.48. The zero-order chi connectivity index (χ0) is 20.2. The Morgan fingerprint density at radius 2 is 2.00 bits per heavy atom. The largest absolute Gasteiger partial charge is 0.387 e. The fraction of sp³-hybridized carbons (Fsp3) is 0.409. The van der Waals surface area contributed by atoms with E-state index < -0.39 is 6.61 Å². The maximum absolute atomic E-state index is 11.6. The van der Waals surface area contributed by atoms with Crippen LogP contribution < -0.4 is 0 Å². The molecule has 7 heteroatoms. The van der Waals surface area contributed by atoms with E-state index in [0.717, 1.165) is 48.6 Å². The average molecular weight is 411 g/mol. The third-order valence-corrected chi connectivity index (χ3v) is 6.58. The molecule has 6 nitrogen and oxygen atoms in total. The van der Waals surface area contributed by atoms with Crippen LogP contribution in [0, 0.1) is 0 Å². The molecule has 1 aliphatic rings. The van der Waals surface area contributed by atoms with Crippen LogP contribution in [0.1, 0.15) is 24.5 Å². The molecular weight excluding hydrogens is 384 g/mol. The van der Waals surface area contributed by atoms with Crippen LogP contribution >= 0.6 is 11.3 Å². The number of amides is 1. The van der Waals surface area contributed by atoms with E-state index in [2.05, 4.69) is 41.1 Å². The first-order chi connectivity index (χ1) is 14.2. The number of carbonyl (C=O) groups is 1. The second kappa shape index (κ2) is 8.98. The minimum atomic E-state index is -0.404. The summed E-state index contributed by atoms with van der Waals surface area (Å²) in [5, 5.41) is 8.98. The number of aromatic nitrogens is 2. The molecule has 1 fully saturated rings. The maximum Gasteiger partial charge on any atom is 0.248 e. The van der Waals surface area contributed by atoms with Crippen molar-refractivity contribution in [3.8, 4) is 10.6 Å². The van der Waals surface area contributed by atoms with Gasteiger partial charge in [-0.1, -0.05) is 19.4 Å². The Morgan fingerprint density at radius 1 is 1.17 bits per heavy atom. The van der Waals surface area contributed by atoms with Crippen molar-refractivity contribution in [1.29, 1.82) is 0 Å². The molecule has 4 heterocycles. The molecule has 0 aromatic carbocycles. The summed E-state index contributed by atoms with van der Waals surface area (Å²) in [4.78, 5) is 26.0.